The Morgan fingerprint density at radius 2 is 2.04 bits per heavy atom. The summed E-state index contributed by atoms with van der Waals surface area (Å²) in [5, 5.41) is 2.40. The van der Waals surface area contributed by atoms with Crippen LogP contribution in [0.15, 0.2) is 35.3 Å². The van der Waals surface area contributed by atoms with Gasteiger partial charge in [-0.2, -0.15) is 13.2 Å². The van der Waals surface area contributed by atoms with Crippen molar-refractivity contribution in [2.45, 2.75) is 38.3 Å². The molecule has 1 aliphatic rings. The second-order valence-electron chi connectivity index (χ2n) is 5.01. The van der Waals surface area contributed by atoms with Gasteiger partial charge in [-0.25, -0.2) is 9.79 Å². The maximum absolute atomic E-state index is 12.6. The Bertz CT molecular complexity index is 561. The molecule has 1 aromatic rings. The molecule has 2 rings (SSSR count). The molecule has 2 atom stereocenters. The molecule has 0 aliphatic carbocycles. The number of ether oxygens (including phenoxy) is 2. The van der Waals surface area contributed by atoms with Crippen LogP contribution in [0.1, 0.15) is 18.9 Å². The van der Waals surface area contributed by atoms with Crippen molar-refractivity contribution in [1.82, 2.24) is 5.32 Å². The minimum Gasteiger partial charge on any atom is -0.467 e. The number of alkyl halides is 3. The van der Waals surface area contributed by atoms with Crippen LogP contribution in [0.4, 0.5) is 18.0 Å². The topological polar surface area (TPSA) is 59.9 Å². The number of carbonyl (C=O) groups excluding carboxylic acids is 1. The van der Waals surface area contributed by atoms with Crippen LogP contribution in [0, 0.1) is 0 Å². The van der Waals surface area contributed by atoms with Gasteiger partial charge in [-0.1, -0.05) is 37.3 Å². The summed E-state index contributed by atoms with van der Waals surface area (Å²) in [7, 11) is 0. The zero-order chi connectivity index (χ0) is 16.9. The van der Waals surface area contributed by atoms with Crippen molar-refractivity contribution in [2.75, 3.05) is 6.54 Å². The van der Waals surface area contributed by atoms with Gasteiger partial charge in [-0.3, -0.25) is 0 Å². The standard InChI is InChI=1S/C15H17F3N2O3/c1-2-11-12(23-13(20-11)15(16,17)18)8-19-14(21)22-9-10-6-4-3-5-7-10/h3-7,11-12H,2,8-9H2,1H3,(H,19,21)/t11-,12+/m0/s1. The summed E-state index contributed by atoms with van der Waals surface area (Å²) in [6, 6.07) is 8.41. The lowest BCUT2D eigenvalue weighted by Gasteiger charge is -2.17. The normalized spacial score (nSPS) is 20.6. The maximum Gasteiger partial charge on any atom is 0.468 e. The average Bonchev–Trinajstić information content (AvgIpc) is 2.95. The van der Waals surface area contributed by atoms with Gasteiger partial charge >= 0.3 is 12.3 Å². The first-order chi connectivity index (χ1) is 10.9. The van der Waals surface area contributed by atoms with Gasteiger partial charge in [0.25, 0.3) is 5.90 Å². The van der Waals surface area contributed by atoms with E-state index in [0.29, 0.717) is 6.42 Å². The van der Waals surface area contributed by atoms with E-state index in [4.69, 9.17) is 9.47 Å². The highest BCUT2D eigenvalue weighted by Crippen LogP contribution is 2.27. The lowest BCUT2D eigenvalue weighted by Crippen LogP contribution is -2.38. The van der Waals surface area contributed by atoms with Crippen molar-refractivity contribution in [2.24, 2.45) is 4.99 Å². The van der Waals surface area contributed by atoms with Gasteiger partial charge in [0.1, 0.15) is 12.7 Å². The molecule has 0 saturated heterocycles. The van der Waals surface area contributed by atoms with E-state index in [1.807, 2.05) is 18.2 Å². The molecule has 1 aliphatic heterocycles. The highest BCUT2D eigenvalue weighted by atomic mass is 19.4. The fraction of sp³-hybridized carbons (Fsp3) is 0.467. The van der Waals surface area contributed by atoms with Crippen molar-refractivity contribution in [3.63, 3.8) is 0 Å². The number of halogens is 3. The molecule has 5 nitrogen and oxygen atoms in total. The van der Waals surface area contributed by atoms with Crippen molar-refractivity contribution >= 4 is 12.0 Å². The minimum absolute atomic E-state index is 0.0830. The molecule has 8 heteroatoms. The zero-order valence-electron chi connectivity index (χ0n) is 12.5. The number of aliphatic imine (C=N–C) groups is 1. The van der Waals surface area contributed by atoms with Crippen LogP contribution in [0.2, 0.25) is 0 Å². The van der Waals surface area contributed by atoms with Crippen LogP contribution in [-0.2, 0) is 16.1 Å². The number of benzene rings is 1. The molecular formula is C15H17F3N2O3. The van der Waals surface area contributed by atoms with Gasteiger partial charge in [0.05, 0.1) is 12.6 Å². The molecular weight excluding hydrogens is 313 g/mol. The van der Waals surface area contributed by atoms with E-state index in [1.54, 1.807) is 19.1 Å². The molecule has 1 heterocycles. The van der Waals surface area contributed by atoms with E-state index >= 15 is 0 Å². The third kappa shape index (κ3) is 4.87. The van der Waals surface area contributed by atoms with E-state index in [9.17, 15) is 18.0 Å². The third-order valence-corrected chi connectivity index (χ3v) is 3.30. The molecule has 1 N–H and O–H groups in total. The van der Waals surface area contributed by atoms with E-state index in [2.05, 4.69) is 10.3 Å². The highest BCUT2D eigenvalue weighted by molar-refractivity contribution is 5.83. The zero-order valence-corrected chi connectivity index (χ0v) is 12.5. The Balaban J connectivity index is 1.78. The first-order valence-electron chi connectivity index (χ1n) is 7.16. The van der Waals surface area contributed by atoms with Gasteiger partial charge in [0.2, 0.25) is 0 Å². The summed E-state index contributed by atoms with van der Waals surface area (Å²) in [5.74, 6) is -1.24. The number of amides is 1. The second kappa shape index (κ2) is 7.34. The Kier molecular flexibility index (Phi) is 5.46. The predicted octanol–water partition coefficient (Wildman–Crippen LogP) is 3.05. The van der Waals surface area contributed by atoms with Gasteiger partial charge in [-0.05, 0) is 12.0 Å². The van der Waals surface area contributed by atoms with E-state index in [-0.39, 0.29) is 13.2 Å². The Morgan fingerprint density at radius 1 is 1.35 bits per heavy atom. The summed E-state index contributed by atoms with van der Waals surface area (Å²) in [6.07, 6.45) is -5.80. The molecule has 0 aromatic heterocycles. The summed E-state index contributed by atoms with van der Waals surface area (Å²) in [5.41, 5.74) is 0.814. The Morgan fingerprint density at radius 3 is 2.65 bits per heavy atom. The number of nitrogens with one attached hydrogen (secondary N) is 1. The maximum atomic E-state index is 12.6. The largest absolute Gasteiger partial charge is 0.468 e. The first kappa shape index (κ1) is 17.1. The van der Waals surface area contributed by atoms with Gasteiger partial charge in [-0.15, -0.1) is 0 Å². The molecule has 0 bridgehead atoms. The van der Waals surface area contributed by atoms with Crippen molar-refractivity contribution < 1.29 is 27.4 Å². The number of hydrogen-bond acceptors (Lipinski definition) is 4. The molecule has 0 fully saturated rings. The fourth-order valence-corrected chi connectivity index (χ4v) is 2.12. The van der Waals surface area contributed by atoms with Crippen LogP contribution in [0.3, 0.4) is 0 Å². The summed E-state index contributed by atoms with van der Waals surface area (Å²) < 4.78 is 47.5. The number of alkyl carbamates (subject to hydrolysis) is 1. The summed E-state index contributed by atoms with van der Waals surface area (Å²) in [4.78, 5) is 15.1. The SMILES string of the molecule is CC[C@@H]1N=C(C(F)(F)F)O[C@@H]1CNC(=O)OCc1ccccc1. The lowest BCUT2D eigenvalue weighted by atomic mass is 10.1. The minimum atomic E-state index is -4.62. The molecule has 0 saturated carbocycles. The Labute approximate surface area is 131 Å². The molecule has 23 heavy (non-hydrogen) atoms. The quantitative estimate of drug-likeness (QED) is 0.903. The Hall–Kier alpha value is -2.25. The van der Waals surface area contributed by atoms with Crippen molar-refractivity contribution in [3.8, 4) is 0 Å². The highest BCUT2D eigenvalue weighted by Gasteiger charge is 2.45. The molecule has 0 radical (unpaired) electrons. The molecule has 1 amide bonds. The first-order valence-corrected chi connectivity index (χ1v) is 7.16. The van der Waals surface area contributed by atoms with Crippen LogP contribution >= 0.6 is 0 Å². The van der Waals surface area contributed by atoms with Gasteiger partial charge in [0, 0.05) is 0 Å². The van der Waals surface area contributed by atoms with Crippen LogP contribution in [-0.4, -0.2) is 36.9 Å². The average molecular weight is 330 g/mol. The van der Waals surface area contributed by atoms with Crippen LogP contribution < -0.4 is 5.32 Å². The predicted molar refractivity (Wildman–Crippen MR) is 77.1 cm³/mol. The lowest BCUT2D eigenvalue weighted by molar-refractivity contribution is -0.0790. The molecule has 0 unspecified atom stereocenters. The van der Waals surface area contributed by atoms with E-state index < -0.39 is 30.3 Å². The van der Waals surface area contributed by atoms with Crippen molar-refractivity contribution in [3.05, 3.63) is 35.9 Å². The number of nitrogens with zero attached hydrogens (tertiary/aromatic N) is 1. The van der Waals surface area contributed by atoms with E-state index in [1.165, 1.54) is 0 Å². The fourth-order valence-electron chi connectivity index (χ4n) is 2.12. The van der Waals surface area contributed by atoms with Gasteiger partial charge < -0.3 is 14.8 Å². The number of hydrogen-bond donors (Lipinski definition) is 1. The third-order valence-electron chi connectivity index (χ3n) is 3.30. The second-order valence-corrected chi connectivity index (χ2v) is 5.01. The number of carbonyl (C=O) groups is 1. The van der Waals surface area contributed by atoms with Crippen LogP contribution in [0.25, 0.3) is 0 Å². The summed E-state index contributed by atoms with van der Waals surface area (Å²) in [6.45, 7) is 1.69. The molecule has 1 aromatic carbocycles. The van der Waals surface area contributed by atoms with Gasteiger partial charge in [0.15, 0.2) is 0 Å². The van der Waals surface area contributed by atoms with E-state index in [0.717, 1.165) is 5.56 Å². The van der Waals surface area contributed by atoms with Crippen molar-refractivity contribution in [1.29, 1.82) is 0 Å². The number of rotatable bonds is 5. The smallest absolute Gasteiger partial charge is 0.467 e. The monoisotopic (exact) mass is 330 g/mol. The van der Waals surface area contributed by atoms with Crippen LogP contribution in [0.5, 0.6) is 0 Å². The molecule has 0 spiro atoms. The summed E-state index contributed by atoms with van der Waals surface area (Å²) >= 11 is 0. The molecule has 126 valence electrons.